The third-order valence-electron chi connectivity index (χ3n) is 7.72. The second-order valence-electron chi connectivity index (χ2n) is 10.4. The van der Waals surface area contributed by atoms with E-state index in [0.717, 1.165) is 36.1 Å². The molecule has 0 unspecified atom stereocenters. The summed E-state index contributed by atoms with van der Waals surface area (Å²) >= 11 is 1.22. The van der Waals surface area contributed by atoms with Crippen molar-refractivity contribution >= 4 is 34.7 Å². The van der Waals surface area contributed by atoms with Crippen LogP contribution < -0.4 is 9.64 Å². The molecule has 2 aromatic carbocycles. The van der Waals surface area contributed by atoms with Crippen molar-refractivity contribution in [2.45, 2.75) is 57.4 Å². The van der Waals surface area contributed by atoms with E-state index in [4.69, 9.17) is 4.74 Å². The summed E-state index contributed by atoms with van der Waals surface area (Å²) in [4.78, 5) is 41.7. The number of ketones is 1. The number of carbonyl (C=O) groups excluding carboxylic acids is 2. The molecule has 1 aliphatic heterocycles. The van der Waals surface area contributed by atoms with Gasteiger partial charge in [0, 0.05) is 23.8 Å². The van der Waals surface area contributed by atoms with Crippen LogP contribution in [-0.4, -0.2) is 35.4 Å². The number of piperidine rings is 1. The fraction of sp³-hybridized carbons (Fsp3) is 0.387. The third-order valence-corrected chi connectivity index (χ3v) is 8.88. The molecular formula is C31H33NO5S. The highest BCUT2D eigenvalue weighted by molar-refractivity contribution is 7.18. The normalized spacial score (nSPS) is 20.3. The fourth-order valence-electron chi connectivity index (χ4n) is 5.97. The van der Waals surface area contributed by atoms with Gasteiger partial charge in [-0.25, -0.2) is 4.79 Å². The maximum absolute atomic E-state index is 13.7. The van der Waals surface area contributed by atoms with Gasteiger partial charge in [-0.1, -0.05) is 67.8 Å². The lowest BCUT2D eigenvalue weighted by molar-refractivity contribution is -0.125. The molecule has 2 aliphatic rings. The van der Waals surface area contributed by atoms with E-state index in [1.165, 1.54) is 17.8 Å². The Kier molecular flexibility index (Phi) is 8.23. The van der Waals surface area contributed by atoms with E-state index in [9.17, 15) is 19.5 Å². The molecule has 2 atom stereocenters. The molecule has 5 rings (SSSR count). The minimum Gasteiger partial charge on any atom is -0.486 e. The maximum atomic E-state index is 13.7. The third kappa shape index (κ3) is 5.99. The van der Waals surface area contributed by atoms with Gasteiger partial charge in [0.05, 0.1) is 5.69 Å². The van der Waals surface area contributed by atoms with Crippen LogP contribution in [0.3, 0.4) is 0 Å². The number of rotatable bonds is 9. The van der Waals surface area contributed by atoms with Gasteiger partial charge < -0.3 is 14.7 Å². The molecule has 1 aromatic heterocycles. The van der Waals surface area contributed by atoms with Crippen molar-refractivity contribution in [3.63, 3.8) is 0 Å². The van der Waals surface area contributed by atoms with E-state index in [2.05, 4.69) is 0 Å². The molecular weight excluding hydrogens is 498 g/mol. The Morgan fingerprint density at radius 3 is 2.34 bits per heavy atom. The first-order valence-corrected chi connectivity index (χ1v) is 14.3. The number of nitrogens with zero attached hydrogens (tertiary/aromatic N) is 1. The van der Waals surface area contributed by atoms with Crippen molar-refractivity contribution in [3.05, 3.63) is 71.6 Å². The van der Waals surface area contributed by atoms with Gasteiger partial charge in [0.2, 0.25) is 5.91 Å². The molecule has 2 fully saturated rings. The maximum Gasteiger partial charge on any atom is 0.348 e. The average Bonchev–Trinajstić information content (AvgIpc) is 3.39. The van der Waals surface area contributed by atoms with Gasteiger partial charge in [0.25, 0.3) is 0 Å². The molecule has 6 nitrogen and oxygen atoms in total. The van der Waals surface area contributed by atoms with E-state index in [-0.39, 0.29) is 41.6 Å². The summed E-state index contributed by atoms with van der Waals surface area (Å²) in [5.74, 6) is -0.243. The van der Waals surface area contributed by atoms with Gasteiger partial charge >= 0.3 is 5.97 Å². The van der Waals surface area contributed by atoms with Gasteiger partial charge in [0.1, 0.15) is 17.2 Å². The monoisotopic (exact) mass is 531 g/mol. The van der Waals surface area contributed by atoms with Gasteiger partial charge in [-0.05, 0) is 54.9 Å². The zero-order valence-corrected chi connectivity index (χ0v) is 22.2. The van der Waals surface area contributed by atoms with Crippen molar-refractivity contribution in [1.29, 1.82) is 0 Å². The van der Waals surface area contributed by atoms with Crippen LogP contribution >= 0.6 is 11.3 Å². The van der Waals surface area contributed by atoms with Crippen molar-refractivity contribution in [1.82, 2.24) is 0 Å². The van der Waals surface area contributed by atoms with Crippen molar-refractivity contribution in [2.24, 2.45) is 11.8 Å². The standard InChI is InChI=1S/C31H33NO5S/c33-24(20-37-25-14-8-3-9-15-25)16-21-17-26(22-10-4-1-5-11-22)32(29(34)18-21)27-19-28(38-30(27)31(35)36)23-12-6-2-7-13-23/h2-3,6-9,12-15,19,21-22,26H,1,4-5,10-11,16-18,20H2,(H,35,36)/t21-,26-/m1/s1. The SMILES string of the molecule is O=C(COc1ccccc1)C[C@H]1CC(=O)N(c2cc(-c3ccccc3)sc2C(=O)O)[C@@H](C2CCCCC2)C1. The van der Waals surface area contributed by atoms with E-state index in [0.29, 0.717) is 30.2 Å². The number of hydrogen-bond acceptors (Lipinski definition) is 5. The summed E-state index contributed by atoms with van der Waals surface area (Å²) in [6.45, 7) is -0.0133. The summed E-state index contributed by atoms with van der Waals surface area (Å²) in [5.41, 5.74) is 1.44. The zero-order chi connectivity index (χ0) is 26.5. The quantitative estimate of drug-likeness (QED) is 0.327. The molecule has 1 amide bonds. The largest absolute Gasteiger partial charge is 0.486 e. The van der Waals surface area contributed by atoms with Crippen LogP contribution in [-0.2, 0) is 9.59 Å². The van der Waals surface area contributed by atoms with E-state index >= 15 is 0 Å². The van der Waals surface area contributed by atoms with E-state index < -0.39 is 5.97 Å². The number of aromatic carboxylic acids is 1. The number of anilines is 1. The van der Waals surface area contributed by atoms with Crippen LogP contribution in [0.2, 0.25) is 0 Å². The Morgan fingerprint density at radius 2 is 1.66 bits per heavy atom. The summed E-state index contributed by atoms with van der Waals surface area (Å²) in [6, 6.07) is 20.7. The Morgan fingerprint density at radius 1 is 0.974 bits per heavy atom. The van der Waals surface area contributed by atoms with Crippen LogP contribution in [0.15, 0.2) is 66.7 Å². The molecule has 2 heterocycles. The van der Waals surface area contributed by atoms with Crippen LogP contribution in [0.5, 0.6) is 5.75 Å². The lowest BCUT2D eigenvalue weighted by Crippen LogP contribution is -2.51. The molecule has 1 N–H and O–H groups in total. The first-order valence-electron chi connectivity index (χ1n) is 13.4. The number of Topliss-reactive ketones (excluding diaryl/α,β-unsaturated/α-hetero) is 1. The molecule has 0 spiro atoms. The number of thiophene rings is 1. The molecule has 1 saturated carbocycles. The summed E-state index contributed by atoms with van der Waals surface area (Å²) in [5, 5.41) is 10.1. The van der Waals surface area contributed by atoms with Crippen LogP contribution in [0.1, 0.15) is 61.0 Å². The zero-order valence-electron chi connectivity index (χ0n) is 21.4. The number of hydrogen-bond donors (Lipinski definition) is 1. The van der Waals surface area contributed by atoms with Gasteiger partial charge in [0.15, 0.2) is 5.78 Å². The lowest BCUT2D eigenvalue weighted by Gasteiger charge is -2.44. The number of carboxylic acids is 1. The second-order valence-corrected chi connectivity index (χ2v) is 11.4. The number of amides is 1. The minimum atomic E-state index is -1.02. The molecule has 7 heteroatoms. The minimum absolute atomic E-state index is 0.0133. The number of para-hydroxylation sites is 1. The molecule has 198 valence electrons. The first-order chi connectivity index (χ1) is 18.5. The van der Waals surface area contributed by atoms with Crippen LogP contribution in [0, 0.1) is 11.8 Å². The first kappa shape index (κ1) is 26.2. The topological polar surface area (TPSA) is 83.9 Å². The Bertz CT molecular complexity index is 1270. The number of ether oxygens (including phenoxy) is 1. The summed E-state index contributed by atoms with van der Waals surface area (Å²) in [7, 11) is 0. The predicted molar refractivity (Wildman–Crippen MR) is 149 cm³/mol. The molecule has 0 radical (unpaired) electrons. The van der Waals surface area contributed by atoms with Crippen molar-refractivity contribution in [3.8, 4) is 16.2 Å². The number of carboxylic acid groups (broad SMARTS) is 1. The van der Waals surface area contributed by atoms with E-state index in [1.54, 1.807) is 4.90 Å². The average molecular weight is 532 g/mol. The predicted octanol–water partition coefficient (Wildman–Crippen LogP) is 6.84. The smallest absolute Gasteiger partial charge is 0.348 e. The van der Waals surface area contributed by atoms with E-state index in [1.807, 2.05) is 66.7 Å². The van der Waals surface area contributed by atoms with Crippen molar-refractivity contribution in [2.75, 3.05) is 11.5 Å². The molecule has 38 heavy (non-hydrogen) atoms. The molecule has 1 aliphatic carbocycles. The second kappa shape index (κ2) is 11.9. The highest BCUT2D eigenvalue weighted by atomic mass is 32.1. The summed E-state index contributed by atoms with van der Waals surface area (Å²) in [6.07, 6.45) is 6.67. The molecule has 0 bridgehead atoms. The lowest BCUT2D eigenvalue weighted by atomic mass is 9.75. The highest BCUT2D eigenvalue weighted by Crippen LogP contribution is 2.44. The Labute approximate surface area is 227 Å². The number of benzene rings is 2. The molecule has 1 saturated heterocycles. The fourth-order valence-corrected chi connectivity index (χ4v) is 6.96. The Hall–Kier alpha value is -3.45. The van der Waals surface area contributed by atoms with Crippen LogP contribution in [0.4, 0.5) is 5.69 Å². The Balaban J connectivity index is 1.38. The molecule has 3 aromatic rings. The van der Waals surface area contributed by atoms with Gasteiger partial charge in [-0.15, -0.1) is 11.3 Å². The van der Waals surface area contributed by atoms with Gasteiger partial charge in [-0.2, -0.15) is 0 Å². The van der Waals surface area contributed by atoms with Crippen LogP contribution in [0.25, 0.3) is 10.4 Å². The highest BCUT2D eigenvalue weighted by Gasteiger charge is 2.41. The van der Waals surface area contributed by atoms with Gasteiger partial charge in [-0.3, -0.25) is 9.59 Å². The number of carbonyl (C=O) groups is 3. The van der Waals surface area contributed by atoms with Crippen molar-refractivity contribution < 1.29 is 24.2 Å². The summed E-state index contributed by atoms with van der Waals surface area (Å²) < 4.78 is 5.65.